The molecule has 0 aliphatic rings. The molecule has 0 aliphatic carbocycles. The number of carbonyl (C=O) groups excluding carboxylic acids is 2. The topological polar surface area (TPSA) is 88.9 Å². The lowest BCUT2D eigenvalue weighted by molar-refractivity contribution is 0.0479. The molecule has 0 aliphatic heterocycles. The fourth-order valence-corrected chi connectivity index (χ4v) is 4.51. The highest BCUT2D eigenvalue weighted by molar-refractivity contribution is 7.20. The second-order valence-corrected chi connectivity index (χ2v) is 8.25. The van der Waals surface area contributed by atoms with Crippen molar-refractivity contribution in [1.29, 1.82) is 0 Å². The predicted octanol–water partition coefficient (Wildman–Crippen LogP) is 4.60. The summed E-state index contributed by atoms with van der Waals surface area (Å²) in [7, 11) is 4.36. The van der Waals surface area contributed by atoms with Gasteiger partial charge in [-0.25, -0.2) is 13.9 Å². The predicted molar refractivity (Wildman–Crippen MR) is 124 cm³/mol. The number of carbonyl (C=O) groups is 2. The maximum Gasteiger partial charge on any atom is 0.348 e. The van der Waals surface area contributed by atoms with E-state index in [0.29, 0.717) is 38.3 Å². The summed E-state index contributed by atoms with van der Waals surface area (Å²) in [6.07, 6.45) is 0. The Morgan fingerprint density at radius 2 is 1.65 bits per heavy atom. The zero-order valence-electron chi connectivity index (χ0n) is 18.9. The van der Waals surface area contributed by atoms with Crippen LogP contribution in [0.3, 0.4) is 0 Å². The molecule has 0 saturated heterocycles. The van der Waals surface area contributed by atoms with Crippen LogP contribution in [0, 0.1) is 12.7 Å². The number of esters is 1. The molecule has 4 aromatic rings. The zero-order chi connectivity index (χ0) is 24.4. The Hall–Kier alpha value is -3.92. The van der Waals surface area contributed by atoms with Crippen LogP contribution in [0.25, 0.3) is 15.9 Å². The first-order valence-electron chi connectivity index (χ1n) is 10.1. The minimum atomic E-state index is -0.632. The Morgan fingerprint density at radius 1 is 1.00 bits per heavy atom. The monoisotopic (exact) mass is 484 g/mol. The number of hydrogen-bond donors (Lipinski definition) is 0. The number of fused-ring (bicyclic) bond motifs is 1. The molecular weight excluding hydrogens is 463 g/mol. The first kappa shape index (κ1) is 23.2. The lowest BCUT2D eigenvalue weighted by Crippen LogP contribution is -2.14. The summed E-state index contributed by atoms with van der Waals surface area (Å²) in [6, 6.07) is 10.6. The average Bonchev–Trinajstić information content (AvgIpc) is 3.42. The molecule has 2 aromatic heterocycles. The maximum absolute atomic E-state index is 13.3. The molecule has 0 radical (unpaired) electrons. The van der Waals surface area contributed by atoms with Gasteiger partial charge < -0.3 is 18.9 Å². The molecule has 34 heavy (non-hydrogen) atoms. The molecule has 8 nitrogen and oxygen atoms in total. The molecular formula is C24H21FN2O6S. The van der Waals surface area contributed by atoms with Gasteiger partial charge in [-0.15, -0.1) is 11.3 Å². The van der Waals surface area contributed by atoms with Gasteiger partial charge in [0.25, 0.3) is 0 Å². The van der Waals surface area contributed by atoms with E-state index in [-0.39, 0.29) is 11.4 Å². The Bertz CT molecular complexity index is 1350. The molecule has 0 saturated carbocycles. The summed E-state index contributed by atoms with van der Waals surface area (Å²) < 4.78 is 36.0. The van der Waals surface area contributed by atoms with E-state index in [1.165, 1.54) is 56.9 Å². The van der Waals surface area contributed by atoms with E-state index in [1.54, 1.807) is 22.9 Å². The molecule has 4 rings (SSSR count). The van der Waals surface area contributed by atoms with Crippen LogP contribution < -0.4 is 14.2 Å². The number of nitrogens with zero attached hydrogens (tertiary/aromatic N) is 2. The van der Waals surface area contributed by atoms with Crippen molar-refractivity contribution < 1.29 is 32.9 Å². The number of ether oxygens (including phenoxy) is 4. The Balaban J connectivity index is 1.53. The van der Waals surface area contributed by atoms with Crippen molar-refractivity contribution in [1.82, 2.24) is 9.78 Å². The summed E-state index contributed by atoms with van der Waals surface area (Å²) >= 11 is 1.18. The van der Waals surface area contributed by atoms with Gasteiger partial charge in [0.2, 0.25) is 11.5 Å². The van der Waals surface area contributed by atoms with Crippen molar-refractivity contribution in [3.05, 3.63) is 64.4 Å². The first-order chi connectivity index (χ1) is 16.4. The van der Waals surface area contributed by atoms with Crippen LogP contribution in [0.2, 0.25) is 0 Å². The number of methoxy groups -OCH3 is 3. The molecule has 0 N–H and O–H groups in total. The Morgan fingerprint density at radius 3 is 2.24 bits per heavy atom. The van der Waals surface area contributed by atoms with Gasteiger partial charge in [0.1, 0.15) is 15.5 Å². The van der Waals surface area contributed by atoms with Crippen LogP contribution >= 0.6 is 11.3 Å². The highest BCUT2D eigenvalue weighted by Gasteiger charge is 2.21. The van der Waals surface area contributed by atoms with Gasteiger partial charge >= 0.3 is 5.97 Å². The number of hydrogen-bond acceptors (Lipinski definition) is 8. The van der Waals surface area contributed by atoms with Gasteiger partial charge in [-0.1, -0.05) is 0 Å². The van der Waals surface area contributed by atoms with Gasteiger partial charge in [-0.05, 0) is 49.4 Å². The fraction of sp³-hybridized carbons (Fsp3) is 0.208. The molecule has 2 aromatic carbocycles. The van der Waals surface area contributed by atoms with E-state index < -0.39 is 18.4 Å². The number of thiophene rings is 1. The van der Waals surface area contributed by atoms with E-state index in [4.69, 9.17) is 18.9 Å². The van der Waals surface area contributed by atoms with E-state index >= 15 is 0 Å². The second-order valence-electron chi connectivity index (χ2n) is 7.22. The minimum Gasteiger partial charge on any atom is -0.493 e. The number of rotatable bonds is 8. The van der Waals surface area contributed by atoms with Gasteiger partial charge in [-0.2, -0.15) is 5.10 Å². The van der Waals surface area contributed by atoms with Crippen LogP contribution in [-0.2, 0) is 4.74 Å². The van der Waals surface area contributed by atoms with Crippen LogP contribution in [0.5, 0.6) is 17.2 Å². The fourth-order valence-electron chi connectivity index (χ4n) is 3.43. The number of aryl methyl sites for hydroxylation is 1. The molecule has 10 heteroatoms. The first-order valence-corrected chi connectivity index (χ1v) is 10.9. The van der Waals surface area contributed by atoms with Crippen molar-refractivity contribution in [3.8, 4) is 22.9 Å². The molecule has 2 heterocycles. The molecule has 0 unspecified atom stereocenters. The highest BCUT2D eigenvalue weighted by Crippen LogP contribution is 2.38. The van der Waals surface area contributed by atoms with Crippen LogP contribution in [0.4, 0.5) is 4.39 Å². The summed E-state index contributed by atoms with van der Waals surface area (Å²) in [5.41, 5.74) is 1.63. The SMILES string of the molecule is COc1cc(C(=O)COC(=O)c2cc3c(C)nn(-c4ccc(F)cc4)c3s2)cc(OC)c1OC. The van der Waals surface area contributed by atoms with Gasteiger partial charge in [0, 0.05) is 10.9 Å². The van der Waals surface area contributed by atoms with Crippen molar-refractivity contribution in [2.75, 3.05) is 27.9 Å². The number of Topliss-reactive ketones (excluding diaryl/α,β-unsaturated/α-hetero) is 1. The molecule has 0 atom stereocenters. The van der Waals surface area contributed by atoms with E-state index in [2.05, 4.69) is 5.10 Å². The summed E-state index contributed by atoms with van der Waals surface area (Å²) in [4.78, 5) is 26.4. The Kier molecular flexibility index (Phi) is 6.51. The van der Waals surface area contributed by atoms with E-state index in [0.717, 1.165) is 5.39 Å². The Labute approximate surface area is 198 Å². The van der Waals surface area contributed by atoms with E-state index in [9.17, 15) is 14.0 Å². The van der Waals surface area contributed by atoms with Crippen LogP contribution in [0.1, 0.15) is 25.7 Å². The lowest BCUT2D eigenvalue weighted by Gasteiger charge is -2.13. The quantitative estimate of drug-likeness (QED) is 0.267. The highest BCUT2D eigenvalue weighted by atomic mass is 32.1. The number of aromatic nitrogens is 2. The van der Waals surface area contributed by atoms with Crippen molar-refractivity contribution in [2.24, 2.45) is 0 Å². The number of ketones is 1. The van der Waals surface area contributed by atoms with Crippen molar-refractivity contribution in [2.45, 2.75) is 6.92 Å². The largest absolute Gasteiger partial charge is 0.493 e. The normalized spacial score (nSPS) is 10.9. The third-order valence-electron chi connectivity index (χ3n) is 5.14. The summed E-state index contributed by atoms with van der Waals surface area (Å²) in [6.45, 7) is 1.35. The van der Waals surface area contributed by atoms with Crippen LogP contribution in [-0.4, -0.2) is 49.5 Å². The number of benzene rings is 2. The summed E-state index contributed by atoms with van der Waals surface area (Å²) in [5, 5.41) is 5.25. The summed E-state index contributed by atoms with van der Waals surface area (Å²) in [5.74, 6) is -0.413. The van der Waals surface area contributed by atoms with Gasteiger partial charge in [-0.3, -0.25) is 4.79 Å². The van der Waals surface area contributed by atoms with Gasteiger partial charge in [0.15, 0.2) is 18.1 Å². The third kappa shape index (κ3) is 4.32. The van der Waals surface area contributed by atoms with Crippen molar-refractivity contribution in [3.63, 3.8) is 0 Å². The van der Waals surface area contributed by atoms with Gasteiger partial charge in [0.05, 0.1) is 32.7 Å². The third-order valence-corrected chi connectivity index (χ3v) is 6.23. The molecule has 0 amide bonds. The molecule has 176 valence electrons. The maximum atomic E-state index is 13.3. The van der Waals surface area contributed by atoms with Crippen LogP contribution in [0.15, 0.2) is 42.5 Å². The lowest BCUT2D eigenvalue weighted by atomic mass is 10.1. The second kappa shape index (κ2) is 9.52. The van der Waals surface area contributed by atoms with E-state index in [1.807, 2.05) is 6.92 Å². The standard InChI is InChI=1S/C24H21FN2O6S/c1-13-17-11-21(34-23(17)27(26-13)16-7-5-15(25)6-8-16)24(29)33-12-18(28)14-9-19(30-2)22(32-4)20(10-14)31-3/h5-11H,12H2,1-4H3. The molecule has 0 bridgehead atoms. The zero-order valence-corrected chi connectivity index (χ0v) is 19.7. The minimum absolute atomic E-state index is 0.251. The van der Waals surface area contributed by atoms with Crippen molar-refractivity contribution >= 4 is 33.3 Å². The molecule has 0 fully saturated rings. The number of halogens is 1. The average molecular weight is 485 g/mol. The smallest absolute Gasteiger partial charge is 0.348 e. The molecule has 0 spiro atoms.